The number of hydrogen-bond donors (Lipinski definition) is 2. The van der Waals surface area contributed by atoms with E-state index in [2.05, 4.69) is 6.92 Å². The fraction of sp³-hybridized carbons (Fsp3) is 0.562. The second-order valence-corrected chi connectivity index (χ2v) is 7.50. The number of aliphatic carboxylic acids is 1. The van der Waals surface area contributed by atoms with Gasteiger partial charge in [-0.2, -0.15) is 8.42 Å². The van der Waals surface area contributed by atoms with Crippen molar-refractivity contribution >= 4 is 16.1 Å². The van der Waals surface area contributed by atoms with Crippen molar-refractivity contribution in [3.63, 3.8) is 0 Å². The van der Waals surface area contributed by atoms with Gasteiger partial charge < -0.3 is 5.11 Å². The van der Waals surface area contributed by atoms with Gasteiger partial charge in [0.25, 0.3) is 10.1 Å². The Hall–Kier alpha value is -1.40. The standard InChI is InChI=1S/C16H22O5S/c1-11-6-7-12(4-2-3-5-16(17)18)14-9-8-13(10-15(11)14)22(19,20)21/h8-12H,2-7H2,1H3,(H,17,18)(H,19,20,21). The summed E-state index contributed by atoms with van der Waals surface area (Å²) in [5, 5.41) is 8.67. The fourth-order valence-corrected chi connectivity index (χ4v) is 3.76. The van der Waals surface area contributed by atoms with Crippen LogP contribution in [0.1, 0.15) is 68.4 Å². The van der Waals surface area contributed by atoms with E-state index in [4.69, 9.17) is 5.11 Å². The van der Waals surface area contributed by atoms with E-state index in [-0.39, 0.29) is 17.2 Å². The van der Waals surface area contributed by atoms with Crippen LogP contribution in [0.3, 0.4) is 0 Å². The third-order valence-electron chi connectivity index (χ3n) is 4.47. The van der Waals surface area contributed by atoms with Gasteiger partial charge in [-0.05, 0) is 60.8 Å². The lowest BCUT2D eigenvalue weighted by atomic mass is 9.75. The predicted molar refractivity (Wildman–Crippen MR) is 82.8 cm³/mol. The second-order valence-electron chi connectivity index (χ2n) is 6.08. The summed E-state index contributed by atoms with van der Waals surface area (Å²) in [6.07, 6.45) is 4.64. The van der Waals surface area contributed by atoms with Crippen LogP contribution in [0.4, 0.5) is 0 Å². The Labute approximate surface area is 131 Å². The first-order valence-electron chi connectivity index (χ1n) is 7.62. The van der Waals surface area contributed by atoms with Gasteiger partial charge in [-0.25, -0.2) is 0 Å². The summed E-state index contributed by atoms with van der Waals surface area (Å²) < 4.78 is 31.7. The van der Waals surface area contributed by atoms with Crippen LogP contribution in [0.25, 0.3) is 0 Å². The van der Waals surface area contributed by atoms with Crippen molar-refractivity contribution in [2.75, 3.05) is 0 Å². The van der Waals surface area contributed by atoms with Crippen LogP contribution in [0.15, 0.2) is 23.1 Å². The number of carboxylic acid groups (broad SMARTS) is 1. The lowest BCUT2D eigenvalue weighted by Crippen LogP contribution is -2.14. The smallest absolute Gasteiger partial charge is 0.303 e. The van der Waals surface area contributed by atoms with Crippen molar-refractivity contribution in [2.45, 2.75) is 62.2 Å². The van der Waals surface area contributed by atoms with Crippen molar-refractivity contribution in [1.82, 2.24) is 0 Å². The number of carboxylic acids is 1. The number of unbranched alkanes of at least 4 members (excludes halogenated alkanes) is 1. The lowest BCUT2D eigenvalue weighted by molar-refractivity contribution is -0.137. The molecule has 0 heterocycles. The molecule has 0 saturated carbocycles. The molecule has 1 aliphatic rings. The molecule has 0 bridgehead atoms. The fourth-order valence-electron chi connectivity index (χ4n) is 3.24. The first-order valence-corrected chi connectivity index (χ1v) is 9.06. The molecular formula is C16H22O5S. The Morgan fingerprint density at radius 1 is 1.23 bits per heavy atom. The van der Waals surface area contributed by atoms with E-state index in [0.29, 0.717) is 12.3 Å². The van der Waals surface area contributed by atoms with Crippen molar-refractivity contribution in [1.29, 1.82) is 0 Å². The van der Waals surface area contributed by atoms with Crippen molar-refractivity contribution in [3.05, 3.63) is 29.3 Å². The maximum absolute atomic E-state index is 11.3. The van der Waals surface area contributed by atoms with Crippen LogP contribution < -0.4 is 0 Å². The third kappa shape index (κ3) is 4.08. The van der Waals surface area contributed by atoms with Crippen LogP contribution >= 0.6 is 0 Å². The monoisotopic (exact) mass is 326 g/mol. The second kappa shape index (κ2) is 6.79. The Bertz CT molecular complexity index is 651. The van der Waals surface area contributed by atoms with E-state index in [1.807, 2.05) is 0 Å². The molecule has 1 aromatic rings. The summed E-state index contributed by atoms with van der Waals surface area (Å²) in [6, 6.07) is 4.84. The highest BCUT2D eigenvalue weighted by Crippen LogP contribution is 2.41. The van der Waals surface area contributed by atoms with Gasteiger partial charge in [-0.15, -0.1) is 0 Å². The van der Waals surface area contributed by atoms with Gasteiger partial charge in [-0.1, -0.05) is 19.4 Å². The van der Waals surface area contributed by atoms with E-state index in [1.165, 1.54) is 6.07 Å². The summed E-state index contributed by atoms with van der Waals surface area (Å²) in [4.78, 5) is 10.5. The van der Waals surface area contributed by atoms with Crippen LogP contribution in [-0.4, -0.2) is 24.0 Å². The van der Waals surface area contributed by atoms with Gasteiger partial charge in [0.1, 0.15) is 0 Å². The number of hydrogen-bond acceptors (Lipinski definition) is 3. The minimum atomic E-state index is -4.17. The molecule has 0 aromatic heterocycles. The average Bonchev–Trinajstić information content (AvgIpc) is 2.44. The van der Waals surface area contributed by atoms with Gasteiger partial charge in [-0.3, -0.25) is 9.35 Å². The molecule has 0 spiro atoms. The average molecular weight is 326 g/mol. The topological polar surface area (TPSA) is 91.7 Å². The lowest BCUT2D eigenvalue weighted by Gasteiger charge is -2.30. The SMILES string of the molecule is CC1CCC(CCCCC(=O)O)c2ccc(S(=O)(=O)O)cc21. The van der Waals surface area contributed by atoms with Gasteiger partial charge in [0.2, 0.25) is 0 Å². The zero-order valence-electron chi connectivity index (χ0n) is 12.7. The van der Waals surface area contributed by atoms with E-state index in [0.717, 1.165) is 36.8 Å². The molecule has 5 nitrogen and oxygen atoms in total. The molecule has 2 atom stereocenters. The number of benzene rings is 1. The van der Waals surface area contributed by atoms with E-state index in [1.54, 1.807) is 12.1 Å². The zero-order valence-corrected chi connectivity index (χ0v) is 13.5. The summed E-state index contributed by atoms with van der Waals surface area (Å²) in [6.45, 7) is 2.06. The highest BCUT2D eigenvalue weighted by molar-refractivity contribution is 7.85. The molecule has 0 saturated heterocycles. The minimum Gasteiger partial charge on any atom is -0.481 e. The normalized spacial score (nSPS) is 21.4. The van der Waals surface area contributed by atoms with E-state index < -0.39 is 16.1 Å². The van der Waals surface area contributed by atoms with Gasteiger partial charge in [0.05, 0.1) is 4.90 Å². The highest BCUT2D eigenvalue weighted by Gasteiger charge is 2.26. The molecule has 0 aliphatic heterocycles. The maximum Gasteiger partial charge on any atom is 0.303 e. The maximum atomic E-state index is 11.3. The van der Waals surface area contributed by atoms with Gasteiger partial charge in [0, 0.05) is 6.42 Å². The minimum absolute atomic E-state index is 0.0513. The molecule has 1 aliphatic carbocycles. The zero-order chi connectivity index (χ0) is 16.3. The summed E-state index contributed by atoms with van der Waals surface area (Å²) >= 11 is 0. The van der Waals surface area contributed by atoms with Gasteiger partial charge in [0.15, 0.2) is 0 Å². The molecule has 122 valence electrons. The largest absolute Gasteiger partial charge is 0.481 e. The molecule has 22 heavy (non-hydrogen) atoms. The molecule has 0 amide bonds. The molecular weight excluding hydrogens is 304 g/mol. The Morgan fingerprint density at radius 3 is 2.59 bits per heavy atom. The Balaban J connectivity index is 2.15. The Kier molecular flexibility index (Phi) is 5.24. The molecule has 2 rings (SSSR count). The highest BCUT2D eigenvalue weighted by atomic mass is 32.2. The summed E-state index contributed by atoms with van der Waals surface area (Å²) in [5.41, 5.74) is 2.13. The number of carbonyl (C=O) groups is 1. The first-order chi connectivity index (χ1) is 10.3. The first kappa shape index (κ1) is 17.0. The van der Waals surface area contributed by atoms with E-state index >= 15 is 0 Å². The summed E-state index contributed by atoms with van der Waals surface area (Å²) in [5.74, 6) is -0.155. The summed E-state index contributed by atoms with van der Waals surface area (Å²) in [7, 11) is -4.17. The molecule has 6 heteroatoms. The Morgan fingerprint density at radius 2 is 1.95 bits per heavy atom. The molecule has 2 N–H and O–H groups in total. The molecule has 2 unspecified atom stereocenters. The van der Waals surface area contributed by atoms with Crippen molar-refractivity contribution in [3.8, 4) is 0 Å². The third-order valence-corrected chi connectivity index (χ3v) is 5.32. The number of rotatable bonds is 6. The van der Waals surface area contributed by atoms with E-state index in [9.17, 15) is 17.8 Å². The number of fused-ring (bicyclic) bond motifs is 1. The van der Waals surface area contributed by atoms with Crippen molar-refractivity contribution in [2.24, 2.45) is 0 Å². The molecule has 0 radical (unpaired) electrons. The van der Waals surface area contributed by atoms with Crippen LogP contribution in [0.2, 0.25) is 0 Å². The molecule has 1 aromatic carbocycles. The quantitative estimate of drug-likeness (QED) is 0.616. The van der Waals surface area contributed by atoms with Crippen LogP contribution in [0, 0.1) is 0 Å². The molecule has 0 fully saturated rings. The van der Waals surface area contributed by atoms with Gasteiger partial charge >= 0.3 is 5.97 Å². The predicted octanol–water partition coefficient (Wildman–Crippen LogP) is 3.56. The van der Waals surface area contributed by atoms with Crippen LogP contribution in [0.5, 0.6) is 0 Å². The van der Waals surface area contributed by atoms with Crippen LogP contribution in [-0.2, 0) is 14.9 Å². The van der Waals surface area contributed by atoms with Crippen molar-refractivity contribution < 1.29 is 22.9 Å².